The number of carbonyl (C=O) groups is 2. The number of hydrogen-bond acceptors (Lipinski definition) is 5. The smallest absolute Gasteiger partial charge is 0.340 e. The summed E-state index contributed by atoms with van der Waals surface area (Å²) in [5, 5.41) is 7.94. The number of benzene rings is 1. The van der Waals surface area contributed by atoms with Crippen molar-refractivity contribution in [3.05, 3.63) is 28.8 Å². The van der Waals surface area contributed by atoms with Crippen molar-refractivity contribution in [2.45, 2.75) is 44.0 Å². The molecule has 7 nitrogen and oxygen atoms in total. The maximum atomic E-state index is 12.1. The number of hydrogen-bond donors (Lipinski definition) is 2. The zero-order chi connectivity index (χ0) is 19.5. The van der Waals surface area contributed by atoms with Crippen molar-refractivity contribution in [3.8, 4) is 0 Å². The molecule has 1 saturated carbocycles. The van der Waals surface area contributed by atoms with Gasteiger partial charge in [-0.2, -0.15) is 0 Å². The lowest BCUT2D eigenvalue weighted by Gasteiger charge is -2.34. The van der Waals surface area contributed by atoms with Crippen molar-refractivity contribution in [1.82, 2.24) is 5.32 Å². The molecular formula is C17H23ClN2O5S. The summed E-state index contributed by atoms with van der Waals surface area (Å²) in [5.74, 6) is -0.413. The molecule has 1 aliphatic rings. The minimum atomic E-state index is -3.98. The lowest BCUT2D eigenvalue weighted by atomic mass is 9.78. The number of nitrogens with one attached hydrogen (secondary N) is 1. The molecule has 0 heterocycles. The molecule has 0 aliphatic heterocycles. The fourth-order valence-electron chi connectivity index (χ4n) is 3.08. The van der Waals surface area contributed by atoms with Gasteiger partial charge < -0.3 is 10.1 Å². The predicted molar refractivity (Wildman–Crippen MR) is 97.2 cm³/mol. The van der Waals surface area contributed by atoms with Crippen LogP contribution in [0, 0.1) is 11.8 Å². The summed E-state index contributed by atoms with van der Waals surface area (Å²) in [7, 11) is -3.98. The number of amides is 1. The number of rotatable bonds is 5. The fourth-order valence-corrected chi connectivity index (χ4v) is 3.82. The lowest BCUT2D eigenvalue weighted by molar-refractivity contribution is -0.125. The van der Waals surface area contributed by atoms with Gasteiger partial charge in [0.15, 0.2) is 6.61 Å². The van der Waals surface area contributed by atoms with Gasteiger partial charge in [0.1, 0.15) is 0 Å². The summed E-state index contributed by atoms with van der Waals surface area (Å²) >= 11 is 5.91. The molecule has 26 heavy (non-hydrogen) atoms. The number of esters is 1. The van der Waals surface area contributed by atoms with Crippen LogP contribution in [-0.4, -0.2) is 32.9 Å². The number of nitrogens with two attached hydrogens (primary N) is 1. The van der Waals surface area contributed by atoms with Crippen LogP contribution in [0.3, 0.4) is 0 Å². The summed E-state index contributed by atoms with van der Waals surface area (Å²) in [6.07, 6.45) is 3.08. The molecule has 1 amide bonds. The second-order valence-corrected chi connectivity index (χ2v) is 8.67. The van der Waals surface area contributed by atoms with Gasteiger partial charge in [-0.1, -0.05) is 38.3 Å². The number of carbonyl (C=O) groups excluding carboxylic acids is 2. The van der Waals surface area contributed by atoms with Crippen molar-refractivity contribution in [1.29, 1.82) is 0 Å². The fraction of sp³-hybridized carbons (Fsp3) is 0.529. The SMILES string of the molecule is C[C@@H]1[C@@H](C)CCC[C@H]1NC(=O)COC(=O)c1cc(S(N)(=O)=O)ccc1Cl. The Kier molecular flexibility index (Phi) is 6.65. The van der Waals surface area contributed by atoms with E-state index in [1.165, 1.54) is 12.1 Å². The molecule has 0 aromatic heterocycles. The highest BCUT2D eigenvalue weighted by atomic mass is 35.5. The Morgan fingerprint density at radius 3 is 2.65 bits per heavy atom. The van der Waals surface area contributed by atoms with Crippen LogP contribution in [0.2, 0.25) is 5.02 Å². The largest absolute Gasteiger partial charge is 0.452 e. The van der Waals surface area contributed by atoms with E-state index in [0.717, 1.165) is 25.3 Å². The molecule has 1 aromatic carbocycles. The normalized spacial score (nSPS) is 23.3. The quantitative estimate of drug-likeness (QED) is 0.731. The van der Waals surface area contributed by atoms with E-state index in [4.69, 9.17) is 21.5 Å². The Labute approximate surface area is 158 Å². The Hall–Kier alpha value is -1.64. The van der Waals surface area contributed by atoms with Crippen LogP contribution < -0.4 is 10.5 Å². The molecule has 144 valence electrons. The van der Waals surface area contributed by atoms with Crippen LogP contribution in [-0.2, 0) is 19.6 Å². The van der Waals surface area contributed by atoms with E-state index < -0.39 is 28.5 Å². The molecule has 1 aromatic rings. The lowest BCUT2D eigenvalue weighted by Crippen LogP contribution is -2.45. The molecular weight excluding hydrogens is 380 g/mol. The summed E-state index contributed by atoms with van der Waals surface area (Å²) in [4.78, 5) is 23.9. The number of ether oxygens (including phenoxy) is 1. The van der Waals surface area contributed by atoms with E-state index in [1.54, 1.807) is 0 Å². The maximum Gasteiger partial charge on any atom is 0.340 e. The van der Waals surface area contributed by atoms with Crippen molar-refractivity contribution in [2.75, 3.05) is 6.61 Å². The van der Waals surface area contributed by atoms with Gasteiger partial charge in [-0.3, -0.25) is 4.79 Å². The van der Waals surface area contributed by atoms with E-state index in [9.17, 15) is 18.0 Å². The molecule has 3 atom stereocenters. The first-order valence-electron chi connectivity index (χ1n) is 8.38. The Morgan fingerprint density at radius 2 is 2.00 bits per heavy atom. The van der Waals surface area contributed by atoms with Crippen molar-refractivity contribution in [2.24, 2.45) is 17.0 Å². The standard InChI is InChI=1S/C17H23ClN2O5S/c1-10-4-3-5-15(11(10)2)20-16(21)9-25-17(22)13-8-12(26(19,23)24)6-7-14(13)18/h6-8,10-11,15H,3-5,9H2,1-2H3,(H,20,21)(H2,19,23,24)/t10-,11+,15+/m0/s1. The van der Waals surface area contributed by atoms with Gasteiger partial charge in [-0.15, -0.1) is 0 Å². The average molecular weight is 403 g/mol. The van der Waals surface area contributed by atoms with Crippen molar-refractivity contribution < 1.29 is 22.7 Å². The second-order valence-electron chi connectivity index (χ2n) is 6.70. The highest BCUT2D eigenvalue weighted by Gasteiger charge is 2.28. The van der Waals surface area contributed by atoms with Crippen LogP contribution in [0.4, 0.5) is 0 Å². The molecule has 2 rings (SSSR count). The van der Waals surface area contributed by atoms with Crippen molar-refractivity contribution in [3.63, 3.8) is 0 Å². The minimum absolute atomic E-state index is 0.0116. The Morgan fingerprint density at radius 1 is 1.31 bits per heavy atom. The number of sulfonamides is 1. The predicted octanol–water partition coefficient (Wildman–Crippen LogP) is 2.09. The van der Waals surface area contributed by atoms with Crippen LogP contribution in [0.15, 0.2) is 23.1 Å². The molecule has 0 unspecified atom stereocenters. The molecule has 1 fully saturated rings. The molecule has 1 aliphatic carbocycles. The van der Waals surface area contributed by atoms with E-state index >= 15 is 0 Å². The molecule has 0 bridgehead atoms. The number of primary sulfonamides is 1. The van der Waals surface area contributed by atoms with Gasteiger partial charge in [0, 0.05) is 6.04 Å². The van der Waals surface area contributed by atoms with Crippen LogP contribution in [0.1, 0.15) is 43.5 Å². The first-order chi connectivity index (χ1) is 12.1. The zero-order valence-electron chi connectivity index (χ0n) is 14.7. The maximum absolute atomic E-state index is 12.1. The third-order valence-electron chi connectivity index (χ3n) is 4.87. The van der Waals surface area contributed by atoms with E-state index in [-0.39, 0.29) is 21.5 Å². The van der Waals surface area contributed by atoms with Gasteiger partial charge >= 0.3 is 5.97 Å². The van der Waals surface area contributed by atoms with Crippen molar-refractivity contribution >= 4 is 33.5 Å². The van der Waals surface area contributed by atoms with Crippen LogP contribution in [0.25, 0.3) is 0 Å². The van der Waals surface area contributed by atoms with Crippen LogP contribution in [0.5, 0.6) is 0 Å². The summed E-state index contributed by atoms with van der Waals surface area (Å²) in [6.45, 7) is 3.79. The van der Waals surface area contributed by atoms with E-state index in [0.29, 0.717) is 11.8 Å². The van der Waals surface area contributed by atoms with Gasteiger partial charge in [-0.25, -0.2) is 18.4 Å². The zero-order valence-corrected chi connectivity index (χ0v) is 16.3. The monoisotopic (exact) mass is 402 g/mol. The van der Waals surface area contributed by atoms with Gasteiger partial charge in [0.25, 0.3) is 5.91 Å². The third-order valence-corrected chi connectivity index (χ3v) is 6.11. The van der Waals surface area contributed by atoms with Gasteiger partial charge in [0.05, 0.1) is 15.5 Å². The highest BCUT2D eigenvalue weighted by Crippen LogP contribution is 2.29. The minimum Gasteiger partial charge on any atom is -0.452 e. The molecule has 9 heteroatoms. The first-order valence-corrected chi connectivity index (χ1v) is 10.3. The summed E-state index contributed by atoms with van der Waals surface area (Å²) in [6, 6.07) is 3.51. The molecule has 3 N–H and O–H groups in total. The topological polar surface area (TPSA) is 116 Å². The average Bonchev–Trinajstić information content (AvgIpc) is 2.56. The summed E-state index contributed by atoms with van der Waals surface area (Å²) < 4.78 is 27.7. The highest BCUT2D eigenvalue weighted by molar-refractivity contribution is 7.89. The number of halogens is 1. The molecule has 0 saturated heterocycles. The Bertz CT molecular complexity index is 796. The molecule has 0 spiro atoms. The molecule has 0 radical (unpaired) electrons. The van der Waals surface area contributed by atoms with Gasteiger partial charge in [0.2, 0.25) is 10.0 Å². The summed E-state index contributed by atoms with van der Waals surface area (Å²) in [5.41, 5.74) is -0.161. The third kappa shape index (κ3) is 5.18. The second kappa shape index (κ2) is 8.37. The first kappa shape index (κ1) is 20.7. The Balaban J connectivity index is 1.97. The van der Waals surface area contributed by atoms with E-state index in [2.05, 4.69) is 19.2 Å². The van der Waals surface area contributed by atoms with Gasteiger partial charge in [-0.05, 0) is 36.5 Å². The van der Waals surface area contributed by atoms with E-state index in [1.807, 2.05) is 0 Å². The van der Waals surface area contributed by atoms with Crippen LogP contribution >= 0.6 is 11.6 Å².